The van der Waals surface area contributed by atoms with Crippen LogP contribution in [0.2, 0.25) is 0 Å². The Balaban J connectivity index is 1.35. The Morgan fingerprint density at radius 3 is 2.00 bits per heavy atom. The van der Waals surface area contributed by atoms with Gasteiger partial charge in [0.2, 0.25) is 0 Å². The summed E-state index contributed by atoms with van der Waals surface area (Å²) in [7, 11) is -3.68. The van der Waals surface area contributed by atoms with Gasteiger partial charge in [-0.3, -0.25) is 9.80 Å². The summed E-state index contributed by atoms with van der Waals surface area (Å²) >= 11 is 0. The zero-order valence-electron chi connectivity index (χ0n) is 20.5. The second-order valence-electron chi connectivity index (χ2n) is 9.73. The number of hydrogen-bond acceptors (Lipinski definition) is 4. The highest BCUT2D eigenvalue weighted by atomic mass is 32.2. The summed E-state index contributed by atoms with van der Waals surface area (Å²) < 4.78 is 28.7. The Morgan fingerprint density at radius 1 is 0.743 bits per heavy atom. The normalized spacial score (nSPS) is 15.7. The van der Waals surface area contributed by atoms with E-state index in [1.165, 1.54) is 9.54 Å². The number of rotatable bonds is 7. The van der Waals surface area contributed by atoms with Gasteiger partial charge >= 0.3 is 0 Å². The van der Waals surface area contributed by atoms with Gasteiger partial charge in [-0.25, -0.2) is 12.4 Å². The molecule has 1 aliphatic rings. The molecule has 4 aromatic rings. The van der Waals surface area contributed by atoms with E-state index >= 15 is 0 Å². The largest absolute Gasteiger partial charge is 0.297 e. The van der Waals surface area contributed by atoms with Crippen molar-refractivity contribution in [2.75, 3.05) is 26.2 Å². The lowest BCUT2D eigenvalue weighted by Crippen LogP contribution is -2.45. The van der Waals surface area contributed by atoms with Crippen LogP contribution in [-0.2, 0) is 23.1 Å². The summed E-state index contributed by atoms with van der Waals surface area (Å²) in [5, 5.41) is 1.00. The summed E-state index contributed by atoms with van der Waals surface area (Å²) in [5.74, 6) is 0.360. The van der Waals surface area contributed by atoms with Gasteiger partial charge in [0.1, 0.15) is 0 Å². The van der Waals surface area contributed by atoms with Crippen molar-refractivity contribution in [1.29, 1.82) is 0 Å². The van der Waals surface area contributed by atoms with Crippen LogP contribution in [0.5, 0.6) is 0 Å². The van der Waals surface area contributed by atoms with Crippen LogP contribution in [0.15, 0.2) is 90.0 Å². The minimum absolute atomic E-state index is 0.323. The number of benzene rings is 3. The van der Waals surface area contributed by atoms with Crippen molar-refractivity contribution in [3.63, 3.8) is 0 Å². The number of piperazine rings is 1. The maximum atomic E-state index is 13.6. The van der Waals surface area contributed by atoms with Crippen LogP contribution >= 0.6 is 0 Å². The van der Waals surface area contributed by atoms with Crippen molar-refractivity contribution in [3.05, 3.63) is 102 Å². The second kappa shape index (κ2) is 9.97. The lowest BCUT2D eigenvalue weighted by Gasteiger charge is -2.34. The summed E-state index contributed by atoms with van der Waals surface area (Å²) in [6.07, 6.45) is 1.83. The third-order valence-corrected chi connectivity index (χ3v) is 8.66. The predicted octanol–water partition coefficient (Wildman–Crippen LogP) is 5.32. The molecule has 0 unspecified atom stereocenters. The Labute approximate surface area is 208 Å². The molecule has 5 nitrogen and oxygen atoms in total. The van der Waals surface area contributed by atoms with Crippen LogP contribution in [-0.4, -0.2) is 48.4 Å². The van der Waals surface area contributed by atoms with E-state index in [1.807, 2.05) is 42.6 Å². The van der Waals surface area contributed by atoms with E-state index in [1.54, 1.807) is 12.1 Å². The Kier molecular flexibility index (Phi) is 6.78. The Hall–Kier alpha value is -2.93. The molecule has 0 atom stereocenters. The molecule has 0 bridgehead atoms. The number of hydrogen-bond donors (Lipinski definition) is 0. The molecule has 1 aromatic heterocycles. The highest BCUT2D eigenvalue weighted by Gasteiger charge is 2.23. The number of nitrogens with zero attached hydrogens (tertiary/aromatic N) is 3. The summed E-state index contributed by atoms with van der Waals surface area (Å²) in [5.41, 5.74) is 4.27. The van der Waals surface area contributed by atoms with E-state index < -0.39 is 10.0 Å². The van der Waals surface area contributed by atoms with E-state index in [-0.39, 0.29) is 0 Å². The number of aromatic nitrogens is 1. The lowest BCUT2D eigenvalue weighted by molar-refractivity contribution is 0.122. The molecule has 0 spiro atoms. The van der Waals surface area contributed by atoms with Crippen LogP contribution in [0.3, 0.4) is 0 Å². The summed E-state index contributed by atoms with van der Waals surface area (Å²) in [6.45, 7) is 9.89. The first-order valence-electron chi connectivity index (χ1n) is 12.3. The monoisotopic (exact) mass is 487 g/mol. The van der Waals surface area contributed by atoms with E-state index in [9.17, 15) is 8.42 Å². The Bertz CT molecular complexity index is 1390. The van der Waals surface area contributed by atoms with Crippen LogP contribution in [0.25, 0.3) is 10.9 Å². The van der Waals surface area contributed by atoms with Crippen LogP contribution in [0.4, 0.5) is 0 Å². The molecule has 3 aromatic carbocycles. The van der Waals surface area contributed by atoms with Gasteiger partial charge in [-0.2, -0.15) is 0 Å². The van der Waals surface area contributed by atoms with Crippen molar-refractivity contribution in [2.45, 2.75) is 37.8 Å². The van der Waals surface area contributed by atoms with Crippen molar-refractivity contribution in [3.8, 4) is 0 Å². The third kappa shape index (κ3) is 5.06. The molecule has 0 radical (unpaired) electrons. The fourth-order valence-corrected chi connectivity index (χ4v) is 6.26. The topological polar surface area (TPSA) is 45.6 Å². The molecule has 1 fully saturated rings. The molecule has 35 heavy (non-hydrogen) atoms. The SMILES string of the molecule is CC(C)c1ccc(S(=O)(=O)n2cc(CN3CCN(Cc4ccccc4)CC3)c3ccccc32)cc1. The molecule has 1 saturated heterocycles. The van der Waals surface area contributed by atoms with Gasteiger partial charge in [0.25, 0.3) is 10.0 Å². The van der Waals surface area contributed by atoms with Crippen molar-refractivity contribution in [1.82, 2.24) is 13.8 Å². The van der Waals surface area contributed by atoms with Crippen LogP contribution in [0, 0.1) is 0 Å². The average Bonchev–Trinajstić information content (AvgIpc) is 3.25. The minimum atomic E-state index is -3.68. The molecule has 6 heteroatoms. The quantitative estimate of drug-likeness (QED) is 0.354. The van der Waals surface area contributed by atoms with Crippen LogP contribution in [0.1, 0.15) is 36.5 Å². The van der Waals surface area contributed by atoms with Crippen molar-refractivity contribution < 1.29 is 8.42 Å². The molecular formula is C29H33N3O2S. The van der Waals surface area contributed by atoms with Gasteiger partial charge < -0.3 is 0 Å². The number of fused-ring (bicyclic) bond motifs is 1. The molecular weight excluding hydrogens is 454 g/mol. The standard InChI is InChI=1S/C29H33N3O2S/c1-23(2)25-12-14-27(15-13-25)35(33,34)32-22-26(28-10-6-7-11-29(28)32)21-31-18-16-30(17-19-31)20-24-8-4-3-5-9-24/h3-15,22-23H,16-21H2,1-2H3. The highest BCUT2D eigenvalue weighted by Crippen LogP contribution is 2.28. The zero-order valence-corrected chi connectivity index (χ0v) is 21.3. The summed E-state index contributed by atoms with van der Waals surface area (Å²) in [4.78, 5) is 5.24. The third-order valence-electron chi connectivity index (χ3n) is 6.97. The number of para-hydroxylation sites is 1. The van der Waals surface area contributed by atoms with Gasteiger partial charge in [-0.15, -0.1) is 0 Å². The minimum Gasteiger partial charge on any atom is -0.297 e. The maximum absolute atomic E-state index is 13.6. The van der Waals surface area contributed by atoms with Crippen molar-refractivity contribution >= 4 is 20.9 Å². The Morgan fingerprint density at radius 2 is 1.34 bits per heavy atom. The average molecular weight is 488 g/mol. The van der Waals surface area contributed by atoms with E-state index in [4.69, 9.17) is 0 Å². The predicted molar refractivity (Wildman–Crippen MR) is 142 cm³/mol. The fourth-order valence-electron chi connectivity index (χ4n) is 4.87. The van der Waals surface area contributed by atoms with Crippen molar-refractivity contribution in [2.24, 2.45) is 0 Å². The molecule has 0 amide bonds. The summed E-state index contributed by atoms with van der Waals surface area (Å²) in [6, 6.07) is 25.7. The first-order chi connectivity index (χ1) is 16.9. The van der Waals surface area contributed by atoms with E-state index in [0.717, 1.165) is 61.3 Å². The smallest absolute Gasteiger partial charge is 0.268 e. The van der Waals surface area contributed by atoms with Gasteiger partial charge in [-0.1, -0.05) is 74.5 Å². The zero-order chi connectivity index (χ0) is 24.4. The first kappa shape index (κ1) is 23.8. The molecule has 0 saturated carbocycles. The maximum Gasteiger partial charge on any atom is 0.268 e. The van der Waals surface area contributed by atoms with Gasteiger partial charge in [0, 0.05) is 50.9 Å². The second-order valence-corrected chi connectivity index (χ2v) is 11.5. The first-order valence-corrected chi connectivity index (χ1v) is 13.8. The molecule has 1 aliphatic heterocycles. The van der Waals surface area contributed by atoms with Gasteiger partial charge in [0.15, 0.2) is 0 Å². The van der Waals surface area contributed by atoms with E-state index in [2.05, 4.69) is 54.0 Å². The fraction of sp³-hybridized carbons (Fsp3) is 0.310. The molecule has 2 heterocycles. The lowest BCUT2D eigenvalue weighted by atomic mass is 10.0. The molecule has 0 N–H and O–H groups in total. The van der Waals surface area contributed by atoms with Gasteiger partial charge in [-0.05, 0) is 40.8 Å². The molecule has 0 aliphatic carbocycles. The molecule has 5 rings (SSSR count). The van der Waals surface area contributed by atoms with Gasteiger partial charge in [0.05, 0.1) is 10.4 Å². The van der Waals surface area contributed by atoms with E-state index in [0.29, 0.717) is 10.8 Å². The van der Waals surface area contributed by atoms with Crippen LogP contribution < -0.4 is 0 Å². The highest BCUT2D eigenvalue weighted by molar-refractivity contribution is 7.90. The molecule has 182 valence electrons.